The van der Waals surface area contributed by atoms with Gasteiger partial charge in [0.2, 0.25) is 5.91 Å². The fourth-order valence-electron chi connectivity index (χ4n) is 2.36. The van der Waals surface area contributed by atoms with Gasteiger partial charge in [0.1, 0.15) is 0 Å². The van der Waals surface area contributed by atoms with E-state index in [1.54, 1.807) is 19.4 Å². The summed E-state index contributed by atoms with van der Waals surface area (Å²) in [6.45, 7) is 1.95. The average molecular weight is 249 g/mol. The third-order valence-corrected chi connectivity index (χ3v) is 3.28. The lowest BCUT2D eigenvalue weighted by Crippen LogP contribution is -2.43. The Hall–Kier alpha value is -1.69. The van der Waals surface area contributed by atoms with E-state index in [-0.39, 0.29) is 11.8 Å². The summed E-state index contributed by atoms with van der Waals surface area (Å²) in [5.41, 5.74) is 6.46. The van der Waals surface area contributed by atoms with E-state index in [4.69, 9.17) is 5.73 Å². The highest BCUT2D eigenvalue weighted by atomic mass is 16.1. The molecular weight excluding hydrogens is 230 g/mol. The number of rotatable bonds is 3. The molecule has 0 aliphatic carbocycles. The van der Waals surface area contributed by atoms with Crippen LogP contribution in [0.25, 0.3) is 0 Å². The number of carbonyl (C=O) groups is 1. The van der Waals surface area contributed by atoms with Crippen LogP contribution in [0.2, 0.25) is 0 Å². The van der Waals surface area contributed by atoms with E-state index in [0.717, 1.165) is 30.9 Å². The standard InChI is InChI=1S/C12H19N5O/c1-14-12(18)9-3-2-6-17(8-9)11-10(7-13)15-4-5-16-11/h4-5,9H,2-3,6-8,13H2,1H3,(H,14,18). The molecule has 1 saturated heterocycles. The van der Waals surface area contributed by atoms with Gasteiger partial charge in [-0.3, -0.25) is 9.78 Å². The number of aromatic nitrogens is 2. The molecule has 6 nitrogen and oxygen atoms in total. The first kappa shape index (κ1) is 12.8. The highest BCUT2D eigenvalue weighted by molar-refractivity contribution is 5.79. The van der Waals surface area contributed by atoms with Crippen molar-refractivity contribution in [2.75, 3.05) is 25.0 Å². The van der Waals surface area contributed by atoms with Gasteiger partial charge in [0, 0.05) is 39.1 Å². The van der Waals surface area contributed by atoms with E-state index >= 15 is 0 Å². The number of anilines is 1. The largest absolute Gasteiger partial charge is 0.359 e. The maximum absolute atomic E-state index is 11.7. The molecule has 18 heavy (non-hydrogen) atoms. The van der Waals surface area contributed by atoms with Crippen molar-refractivity contribution in [3.63, 3.8) is 0 Å². The third-order valence-electron chi connectivity index (χ3n) is 3.28. The molecule has 2 rings (SSSR count). The maximum atomic E-state index is 11.7. The van der Waals surface area contributed by atoms with Crippen molar-refractivity contribution < 1.29 is 4.79 Å². The molecule has 0 spiro atoms. The van der Waals surface area contributed by atoms with Gasteiger partial charge < -0.3 is 16.0 Å². The van der Waals surface area contributed by atoms with Crippen molar-refractivity contribution in [2.24, 2.45) is 11.7 Å². The molecule has 1 aliphatic heterocycles. The maximum Gasteiger partial charge on any atom is 0.224 e. The van der Waals surface area contributed by atoms with Gasteiger partial charge in [0.05, 0.1) is 11.6 Å². The van der Waals surface area contributed by atoms with Crippen LogP contribution in [0, 0.1) is 5.92 Å². The van der Waals surface area contributed by atoms with Crippen molar-refractivity contribution in [1.29, 1.82) is 0 Å². The van der Waals surface area contributed by atoms with Gasteiger partial charge in [-0.2, -0.15) is 0 Å². The minimum absolute atomic E-state index is 0.0244. The number of nitrogens with one attached hydrogen (secondary N) is 1. The molecule has 1 aromatic rings. The molecular formula is C12H19N5O. The molecule has 2 heterocycles. The molecule has 0 saturated carbocycles. The van der Waals surface area contributed by atoms with Crippen molar-refractivity contribution in [1.82, 2.24) is 15.3 Å². The molecule has 1 aliphatic rings. The zero-order chi connectivity index (χ0) is 13.0. The Morgan fingerprint density at radius 2 is 2.33 bits per heavy atom. The summed E-state index contributed by atoms with van der Waals surface area (Å²) >= 11 is 0. The number of carbonyl (C=O) groups excluding carboxylic acids is 1. The Balaban J connectivity index is 2.15. The second kappa shape index (κ2) is 5.77. The number of piperidine rings is 1. The lowest BCUT2D eigenvalue weighted by atomic mass is 9.97. The molecule has 0 radical (unpaired) electrons. The van der Waals surface area contributed by atoms with Crippen molar-refractivity contribution in [2.45, 2.75) is 19.4 Å². The molecule has 6 heteroatoms. The summed E-state index contributed by atoms with van der Waals surface area (Å²) in [5, 5.41) is 2.71. The summed E-state index contributed by atoms with van der Waals surface area (Å²) < 4.78 is 0. The Kier molecular flexibility index (Phi) is 4.09. The Morgan fingerprint density at radius 3 is 3.06 bits per heavy atom. The SMILES string of the molecule is CNC(=O)C1CCCN(c2nccnc2CN)C1. The number of amides is 1. The van der Waals surface area contributed by atoms with Crippen LogP contribution in [-0.4, -0.2) is 36.0 Å². The summed E-state index contributed by atoms with van der Waals surface area (Å²) in [6, 6.07) is 0. The van der Waals surface area contributed by atoms with E-state index in [1.165, 1.54) is 0 Å². The van der Waals surface area contributed by atoms with Crippen LogP contribution in [0.5, 0.6) is 0 Å². The smallest absolute Gasteiger partial charge is 0.224 e. The lowest BCUT2D eigenvalue weighted by Gasteiger charge is -2.33. The molecule has 0 aromatic carbocycles. The molecule has 0 bridgehead atoms. The monoisotopic (exact) mass is 249 g/mol. The van der Waals surface area contributed by atoms with Gasteiger partial charge in [0.25, 0.3) is 0 Å². The average Bonchev–Trinajstić information content (AvgIpc) is 2.46. The van der Waals surface area contributed by atoms with Crippen LogP contribution >= 0.6 is 0 Å². The normalized spacial score (nSPS) is 19.7. The van der Waals surface area contributed by atoms with E-state index in [2.05, 4.69) is 20.2 Å². The van der Waals surface area contributed by atoms with Crippen LogP contribution < -0.4 is 16.0 Å². The Labute approximate surface area is 107 Å². The first-order valence-electron chi connectivity index (χ1n) is 6.22. The predicted octanol–water partition coefficient (Wildman–Crippen LogP) is -0.102. The number of hydrogen-bond donors (Lipinski definition) is 2. The second-order valence-electron chi connectivity index (χ2n) is 4.43. The molecule has 1 amide bonds. The van der Waals surface area contributed by atoms with Crippen LogP contribution in [-0.2, 0) is 11.3 Å². The fraction of sp³-hybridized carbons (Fsp3) is 0.583. The van der Waals surface area contributed by atoms with Gasteiger partial charge >= 0.3 is 0 Å². The highest BCUT2D eigenvalue weighted by Crippen LogP contribution is 2.23. The van der Waals surface area contributed by atoms with Crippen molar-refractivity contribution >= 4 is 11.7 Å². The van der Waals surface area contributed by atoms with E-state index < -0.39 is 0 Å². The molecule has 1 unspecified atom stereocenters. The Morgan fingerprint density at radius 1 is 1.56 bits per heavy atom. The van der Waals surface area contributed by atoms with E-state index in [9.17, 15) is 4.79 Å². The lowest BCUT2D eigenvalue weighted by molar-refractivity contribution is -0.124. The third kappa shape index (κ3) is 2.59. The zero-order valence-corrected chi connectivity index (χ0v) is 10.6. The Bertz CT molecular complexity index is 423. The highest BCUT2D eigenvalue weighted by Gasteiger charge is 2.26. The van der Waals surface area contributed by atoms with Gasteiger partial charge in [-0.15, -0.1) is 0 Å². The summed E-state index contributed by atoms with van der Waals surface area (Å²) in [7, 11) is 1.68. The molecule has 1 fully saturated rings. The van der Waals surface area contributed by atoms with Crippen LogP contribution in [0.3, 0.4) is 0 Å². The summed E-state index contributed by atoms with van der Waals surface area (Å²) in [5.74, 6) is 0.933. The molecule has 1 aromatic heterocycles. The van der Waals surface area contributed by atoms with Gasteiger partial charge in [-0.1, -0.05) is 0 Å². The zero-order valence-electron chi connectivity index (χ0n) is 10.6. The minimum Gasteiger partial charge on any atom is -0.359 e. The summed E-state index contributed by atoms with van der Waals surface area (Å²) in [4.78, 5) is 22.4. The number of nitrogens with zero attached hydrogens (tertiary/aromatic N) is 3. The molecule has 3 N–H and O–H groups in total. The second-order valence-corrected chi connectivity index (χ2v) is 4.43. The van der Waals surface area contributed by atoms with Gasteiger partial charge in [-0.05, 0) is 12.8 Å². The number of hydrogen-bond acceptors (Lipinski definition) is 5. The molecule has 1 atom stereocenters. The first-order chi connectivity index (χ1) is 8.76. The predicted molar refractivity (Wildman–Crippen MR) is 68.9 cm³/mol. The van der Waals surface area contributed by atoms with Crippen molar-refractivity contribution in [3.05, 3.63) is 18.1 Å². The topological polar surface area (TPSA) is 84.1 Å². The van der Waals surface area contributed by atoms with Crippen LogP contribution in [0.15, 0.2) is 12.4 Å². The van der Waals surface area contributed by atoms with Crippen molar-refractivity contribution in [3.8, 4) is 0 Å². The number of nitrogens with two attached hydrogens (primary N) is 1. The van der Waals surface area contributed by atoms with Gasteiger partial charge in [0.15, 0.2) is 5.82 Å². The fourth-order valence-corrected chi connectivity index (χ4v) is 2.36. The first-order valence-corrected chi connectivity index (χ1v) is 6.22. The van der Waals surface area contributed by atoms with Crippen LogP contribution in [0.1, 0.15) is 18.5 Å². The van der Waals surface area contributed by atoms with E-state index in [0.29, 0.717) is 13.1 Å². The molecule has 98 valence electrons. The quantitative estimate of drug-likeness (QED) is 0.781. The summed E-state index contributed by atoms with van der Waals surface area (Å²) in [6.07, 6.45) is 5.22. The van der Waals surface area contributed by atoms with Crippen LogP contribution in [0.4, 0.5) is 5.82 Å². The minimum atomic E-state index is 0.0244. The van der Waals surface area contributed by atoms with Gasteiger partial charge in [-0.25, -0.2) is 4.98 Å². The van der Waals surface area contributed by atoms with E-state index in [1.807, 2.05) is 0 Å².